The fourth-order valence-corrected chi connectivity index (χ4v) is 3.57. The number of anilines is 1. The summed E-state index contributed by atoms with van der Waals surface area (Å²) in [5.41, 5.74) is 7.06. The summed E-state index contributed by atoms with van der Waals surface area (Å²) in [6.45, 7) is 3.26. The molecule has 1 aromatic carbocycles. The minimum atomic E-state index is -0.529. The Balaban J connectivity index is 1.52. The lowest BCUT2D eigenvalue weighted by Gasteiger charge is -2.22. The monoisotopic (exact) mass is 285 g/mol. The molecule has 2 bridgehead atoms. The molecule has 4 N–H and O–H groups in total. The Morgan fingerprint density at radius 2 is 2.05 bits per heavy atom. The van der Waals surface area contributed by atoms with Crippen LogP contribution in [-0.2, 0) is 0 Å². The number of carbonyl (C=O) groups excluding carboxylic acids is 1. The number of urea groups is 1. The van der Waals surface area contributed by atoms with Gasteiger partial charge in [-0.25, -0.2) is 4.79 Å². The van der Waals surface area contributed by atoms with Crippen LogP contribution in [0.4, 0.5) is 10.5 Å². The number of amides is 2. The van der Waals surface area contributed by atoms with Crippen LogP contribution in [0.1, 0.15) is 31.4 Å². The van der Waals surface area contributed by atoms with Gasteiger partial charge in [0.2, 0.25) is 0 Å². The van der Waals surface area contributed by atoms with Crippen LogP contribution in [0.3, 0.4) is 0 Å². The minimum absolute atomic E-state index is 0.315. The highest BCUT2D eigenvalue weighted by Gasteiger charge is 2.35. The van der Waals surface area contributed by atoms with Gasteiger partial charge in [-0.2, -0.15) is 0 Å². The van der Waals surface area contributed by atoms with Crippen LogP contribution in [0.5, 0.6) is 0 Å². The van der Waals surface area contributed by atoms with E-state index in [0.29, 0.717) is 6.04 Å². The summed E-state index contributed by atoms with van der Waals surface area (Å²) in [6.07, 6.45) is 7.47. The van der Waals surface area contributed by atoms with Crippen LogP contribution in [-0.4, -0.2) is 12.6 Å². The SMILES string of the molecule is CC(NCC1CC2C=CC1C2)c1ccc(NC(N)=O)cc1. The van der Waals surface area contributed by atoms with Crippen molar-refractivity contribution in [2.75, 3.05) is 11.9 Å². The highest BCUT2D eigenvalue weighted by Crippen LogP contribution is 2.43. The molecular weight excluding hydrogens is 262 g/mol. The number of primary amides is 1. The Labute approximate surface area is 125 Å². The molecule has 1 fully saturated rings. The van der Waals surface area contributed by atoms with Crippen molar-refractivity contribution in [3.05, 3.63) is 42.0 Å². The van der Waals surface area contributed by atoms with E-state index in [1.54, 1.807) is 0 Å². The first kappa shape index (κ1) is 14.1. The van der Waals surface area contributed by atoms with E-state index in [-0.39, 0.29) is 0 Å². The summed E-state index contributed by atoms with van der Waals surface area (Å²) < 4.78 is 0. The van der Waals surface area contributed by atoms with Gasteiger partial charge in [-0.15, -0.1) is 0 Å². The lowest BCUT2D eigenvalue weighted by Crippen LogP contribution is -2.27. The van der Waals surface area contributed by atoms with Crippen LogP contribution in [0.25, 0.3) is 0 Å². The number of fused-ring (bicyclic) bond motifs is 2. The number of carbonyl (C=O) groups is 1. The Kier molecular flexibility index (Phi) is 3.97. The van der Waals surface area contributed by atoms with E-state index >= 15 is 0 Å². The van der Waals surface area contributed by atoms with Crippen LogP contribution in [0.2, 0.25) is 0 Å². The normalized spacial score (nSPS) is 27.8. The molecule has 0 radical (unpaired) electrons. The molecule has 1 saturated carbocycles. The molecule has 4 heteroatoms. The summed E-state index contributed by atoms with van der Waals surface area (Å²) in [6, 6.07) is 7.62. The quantitative estimate of drug-likeness (QED) is 0.728. The standard InChI is InChI=1S/C17H23N3O/c1-11(13-4-6-16(7-5-13)20-17(18)21)19-10-15-9-12-2-3-14(15)8-12/h2-7,11-12,14-15,19H,8-10H2,1H3,(H3,18,20,21). The number of allylic oxidation sites excluding steroid dienone is 2. The van der Waals surface area contributed by atoms with E-state index in [9.17, 15) is 4.79 Å². The number of benzene rings is 1. The molecule has 0 aliphatic heterocycles. The average molecular weight is 285 g/mol. The number of hydrogen-bond acceptors (Lipinski definition) is 2. The smallest absolute Gasteiger partial charge is 0.316 e. The van der Waals surface area contributed by atoms with Gasteiger partial charge in [-0.1, -0.05) is 24.3 Å². The predicted octanol–water partition coefficient (Wildman–Crippen LogP) is 3.04. The molecule has 0 heterocycles. The molecule has 4 atom stereocenters. The van der Waals surface area contributed by atoms with Gasteiger partial charge in [-0.3, -0.25) is 0 Å². The van der Waals surface area contributed by atoms with Crippen LogP contribution < -0.4 is 16.4 Å². The van der Waals surface area contributed by atoms with Crippen molar-refractivity contribution < 1.29 is 4.79 Å². The van der Waals surface area contributed by atoms with Crippen molar-refractivity contribution in [1.82, 2.24) is 5.32 Å². The second-order valence-corrected chi connectivity index (χ2v) is 6.28. The van der Waals surface area contributed by atoms with Gasteiger partial charge in [-0.05, 0) is 61.8 Å². The summed E-state index contributed by atoms with van der Waals surface area (Å²) >= 11 is 0. The van der Waals surface area contributed by atoms with E-state index in [0.717, 1.165) is 30.0 Å². The largest absolute Gasteiger partial charge is 0.351 e. The van der Waals surface area contributed by atoms with E-state index in [1.165, 1.54) is 18.4 Å². The van der Waals surface area contributed by atoms with Gasteiger partial charge < -0.3 is 16.4 Å². The molecule has 4 unspecified atom stereocenters. The third-order valence-electron chi connectivity index (χ3n) is 4.78. The first-order chi connectivity index (χ1) is 10.1. The maximum atomic E-state index is 10.8. The molecule has 2 aliphatic rings. The van der Waals surface area contributed by atoms with Crippen LogP contribution in [0.15, 0.2) is 36.4 Å². The fraction of sp³-hybridized carbons (Fsp3) is 0.471. The Bertz CT molecular complexity index is 537. The zero-order valence-electron chi connectivity index (χ0n) is 12.4. The molecule has 21 heavy (non-hydrogen) atoms. The number of rotatable bonds is 5. The lowest BCUT2D eigenvalue weighted by atomic mass is 9.93. The van der Waals surface area contributed by atoms with Crippen molar-refractivity contribution in [3.63, 3.8) is 0 Å². The molecular formula is C17H23N3O. The van der Waals surface area contributed by atoms with Gasteiger partial charge in [0, 0.05) is 11.7 Å². The third kappa shape index (κ3) is 3.27. The first-order valence-corrected chi connectivity index (χ1v) is 7.70. The van der Waals surface area contributed by atoms with Crippen LogP contribution >= 0.6 is 0 Å². The highest BCUT2D eigenvalue weighted by atomic mass is 16.2. The molecule has 1 aromatic rings. The predicted molar refractivity (Wildman–Crippen MR) is 84.9 cm³/mol. The van der Waals surface area contributed by atoms with E-state index in [4.69, 9.17) is 5.73 Å². The Hall–Kier alpha value is -1.81. The highest BCUT2D eigenvalue weighted by molar-refractivity contribution is 5.87. The second kappa shape index (κ2) is 5.90. The number of nitrogens with two attached hydrogens (primary N) is 1. The van der Waals surface area contributed by atoms with Crippen molar-refractivity contribution in [2.45, 2.75) is 25.8 Å². The zero-order chi connectivity index (χ0) is 14.8. The summed E-state index contributed by atoms with van der Waals surface area (Å²) in [5, 5.41) is 6.22. The maximum absolute atomic E-state index is 10.8. The van der Waals surface area contributed by atoms with Crippen molar-refractivity contribution in [3.8, 4) is 0 Å². The number of hydrogen-bond donors (Lipinski definition) is 3. The van der Waals surface area contributed by atoms with Crippen LogP contribution in [0, 0.1) is 17.8 Å². The lowest BCUT2D eigenvalue weighted by molar-refractivity contribution is 0.259. The number of nitrogens with one attached hydrogen (secondary N) is 2. The van der Waals surface area contributed by atoms with Gasteiger partial charge in [0.1, 0.15) is 0 Å². The van der Waals surface area contributed by atoms with E-state index in [1.807, 2.05) is 24.3 Å². The molecule has 112 valence electrons. The molecule has 2 aliphatic carbocycles. The molecule has 0 saturated heterocycles. The summed E-state index contributed by atoms with van der Waals surface area (Å²) in [4.78, 5) is 10.8. The Morgan fingerprint density at radius 1 is 1.29 bits per heavy atom. The fourth-order valence-electron chi connectivity index (χ4n) is 3.57. The zero-order valence-corrected chi connectivity index (χ0v) is 12.4. The van der Waals surface area contributed by atoms with Gasteiger partial charge in [0.05, 0.1) is 0 Å². The average Bonchev–Trinajstić information content (AvgIpc) is 3.07. The molecule has 0 spiro atoms. The molecule has 4 nitrogen and oxygen atoms in total. The van der Waals surface area contributed by atoms with Gasteiger partial charge in [0.25, 0.3) is 0 Å². The molecule has 0 aromatic heterocycles. The summed E-state index contributed by atoms with van der Waals surface area (Å²) in [7, 11) is 0. The van der Waals surface area contributed by atoms with Crippen molar-refractivity contribution in [2.24, 2.45) is 23.5 Å². The maximum Gasteiger partial charge on any atom is 0.316 e. The van der Waals surface area contributed by atoms with E-state index < -0.39 is 6.03 Å². The van der Waals surface area contributed by atoms with E-state index in [2.05, 4.69) is 29.7 Å². The molecule has 2 amide bonds. The Morgan fingerprint density at radius 3 is 2.62 bits per heavy atom. The van der Waals surface area contributed by atoms with Crippen molar-refractivity contribution in [1.29, 1.82) is 0 Å². The first-order valence-electron chi connectivity index (χ1n) is 7.70. The third-order valence-corrected chi connectivity index (χ3v) is 4.78. The van der Waals surface area contributed by atoms with Gasteiger partial charge >= 0.3 is 6.03 Å². The second-order valence-electron chi connectivity index (χ2n) is 6.28. The van der Waals surface area contributed by atoms with Gasteiger partial charge in [0.15, 0.2) is 0 Å². The van der Waals surface area contributed by atoms with Crippen molar-refractivity contribution >= 4 is 11.7 Å². The minimum Gasteiger partial charge on any atom is -0.351 e. The summed E-state index contributed by atoms with van der Waals surface area (Å²) in [5.74, 6) is 2.41. The molecule has 3 rings (SSSR count). The topological polar surface area (TPSA) is 67.2 Å².